The number of benzene rings is 1. The molecule has 0 nitrogen and oxygen atoms in total. The molecular weight excluding hydrogens is 322 g/mol. The Morgan fingerprint density at radius 2 is 1.40 bits per heavy atom. The number of hydrogen-bond donors (Lipinski definition) is 0. The summed E-state index contributed by atoms with van der Waals surface area (Å²) < 4.78 is 0. The summed E-state index contributed by atoms with van der Waals surface area (Å²) in [6.07, 6.45) is 0. The molecule has 0 aliphatic carbocycles. The second-order valence-corrected chi connectivity index (χ2v) is 2.15. The summed E-state index contributed by atoms with van der Waals surface area (Å²) in [6, 6.07) is 14.7. The topological polar surface area (TPSA) is 0 Å². The van der Waals surface area contributed by atoms with Gasteiger partial charge >= 0.3 is 26.2 Å². The van der Waals surface area contributed by atoms with Crippen molar-refractivity contribution in [3.05, 3.63) is 57.3 Å². The predicted molar refractivity (Wildman–Crippen MR) is 58.1 cm³/mol. The fourth-order valence-corrected chi connectivity index (χ4v) is 1.07. The largest absolute Gasteiger partial charge is 2.00 e. The monoisotopic (exact) mass is 333 g/mol. The third-order valence-corrected chi connectivity index (χ3v) is 1.55. The van der Waals surface area contributed by atoms with Crippen LogP contribution in [0.2, 0.25) is 0 Å². The molecule has 0 fully saturated rings. The maximum atomic E-state index is 2.12. The molecule has 0 aliphatic heterocycles. The average molecular weight is 335 g/mol. The third-order valence-electron chi connectivity index (χ3n) is 1.55. The van der Waals surface area contributed by atoms with E-state index in [0.29, 0.717) is 0 Å². The fourth-order valence-electron chi connectivity index (χ4n) is 1.07. The van der Waals surface area contributed by atoms with Crippen molar-refractivity contribution in [3.8, 4) is 0 Å². The smallest absolute Gasteiger partial charge is 1.00 e. The van der Waals surface area contributed by atoms with Crippen LogP contribution in [0.5, 0.6) is 0 Å². The molecule has 0 aliphatic rings. The minimum Gasteiger partial charge on any atom is -1.00 e. The molecule has 2 aromatic rings. The van der Waals surface area contributed by atoms with Crippen LogP contribution < -0.4 is 24.8 Å². The summed E-state index contributed by atoms with van der Waals surface area (Å²) in [5.41, 5.74) is 0. The van der Waals surface area contributed by atoms with Gasteiger partial charge in [0, 0.05) is 11.0 Å². The number of hydrogen-bond acceptors (Lipinski definition) is 0. The Labute approximate surface area is 129 Å². The van der Waals surface area contributed by atoms with E-state index in [1.807, 2.05) is 0 Å². The Bertz CT molecular complexity index is 293. The van der Waals surface area contributed by atoms with Crippen LogP contribution in [0.4, 0.5) is 0 Å². The maximum absolute atomic E-state index is 2.12. The zero-order valence-corrected chi connectivity index (χ0v) is 13.8. The van der Waals surface area contributed by atoms with Crippen molar-refractivity contribution in [3.63, 3.8) is 0 Å². The first-order chi connectivity index (χ1) is 4.47. The van der Waals surface area contributed by atoms with E-state index in [0.717, 1.165) is 0 Å². The number of fused-ring (bicyclic) bond motifs is 1. The standard InChI is InChI=1S/C9H7.2CH3.2ClH.Si.Zr/c1-2-5-9-7-3-6-8(9)4-1;;;;;;/h1-7H;2*1H3;2*1H;;/q3*-1;;;;+2/p-2. The Balaban J connectivity index is -0.0000000556. The summed E-state index contributed by atoms with van der Waals surface area (Å²) >= 11 is 0. The summed E-state index contributed by atoms with van der Waals surface area (Å²) in [6.45, 7) is 0. The molecule has 0 amide bonds. The Hall–Kier alpha value is 0.510. The molecule has 0 heterocycles. The van der Waals surface area contributed by atoms with Crippen LogP contribution >= 0.6 is 0 Å². The SMILES string of the molecule is [CH3-].[CH3-].[Cl-].[Cl-].[Si].[Zr+2].c1ccc2[cH-]ccc2c1. The van der Waals surface area contributed by atoms with Crippen LogP contribution in [0.3, 0.4) is 0 Å². The van der Waals surface area contributed by atoms with E-state index >= 15 is 0 Å². The van der Waals surface area contributed by atoms with Crippen molar-refractivity contribution in [2.75, 3.05) is 0 Å². The Kier molecular flexibility index (Phi) is 28.6. The Morgan fingerprint density at radius 3 is 1.93 bits per heavy atom. The molecule has 15 heavy (non-hydrogen) atoms. The zero-order chi connectivity index (χ0) is 6.10. The van der Waals surface area contributed by atoms with E-state index in [9.17, 15) is 0 Å². The van der Waals surface area contributed by atoms with Crippen LogP contribution in [0.1, 0.15) is 0 Å². The maximum Gasteiger partial charge on any atom is 2.00 e. The molecular formula is C11H13Cl2SiZr-3. The average Bonchev–Trinajstić information content (AvgIpc) is 2.33. The van der Waals surface area contributed by atoms with Crippen LogP contribution in [0.15, 0.2) is 42.5 Å². The molecule has 0 spiro atoms. The summed E-state index contributed by atoms with van der Waals surface area (Å²) in [5.74, 6) is 0. The van der Waals surface area contributed by atoms with Gasteiger partial charge in [0.1, 0.15) is 0 Å². The van der Waals surface area contributed by atoms with Crippen molar-refractivity contribution in [2.24, 2.45) is 0 Å². The van der Waals surface area contributed by atoms with Crippen LogP contribution in [-0.4, -0.2) is 11.0 Å². The van der Waals surface area contributed by atoms with Gasteiger partial charge in [-0.2, -0.15) is 17.5 Å². The van der Waals surface area contributed by atoms with Crippen molar-refractivity contribution in [2.45, 2.75) is 0 Å². The molecule has 4 radical (unpaired) electrons. The first-order valence-electron chi connectivity index (χ1n) is 3.07. The summed E-state index contributed by atoms with van der Waals surface area (Å²) in [7, 11) is 0. The molecule has 82 valence electrons. The van der Waals surface area contributed by atoms with E-state index in [-0.39, 0.29) is 76.8 Å². The van der Waals surface area contributed by atoms with Gasteiger partial charge in [-0.3, -0.25) is 0 Å². The van der Waals surface area contributed by atoms with Crippen molar-refractivity contribution < 1.29 is 51.0 Å². The molecule has 0 bridgehead atoms. The minimum absolute atomic E-state index is 0. The van der Waals surface area contributed by atoms with Crippen LogP contribution in [0.25, 0.3) is 10.8 Å². The van der Waals surface area contributed by atoms with E-state index in [2.05, 4.69) is 42.5 Å². The molecule has 2 rings (SSSR count). The van der Waals surface area contributed by atoms with Gasteiger partial charge < -0.3 is 39.7 Å². The molecule has 2 aromatic carbocycles. The first-order valence-corrected chi connectivity index (χ1v) is 3.07. The van der Waals surface area contributed by atoms with Crippen molar-refractivity contribution in [1.29, 1.82) is 0 Å². The van der Waals surface area contributed by atoms with E-state index in [1.165, 1.54) is 10.8 Å². The van der Waals surface area contributed by atoms with Crippen molar-refractivity contribution >= 4 is 21.7 Å². The van der Waals surface area contributed by atoms with E-state index in [1.54, 1.807) is 0 Å². The van der Waals surface area contributed by atoms with Crippen LogP contribution in [-0.2, 0) is 26.2 Å². The normalized spacial score (nSPS) is 6.13. The molecule has 0 saturated carbocycles. The zero-order valence-electron chi connectivity index (χ0n) is 8.80. The van der Waals surface area contributed by atoms with Gasteiger partial charge in [0.2, 0.25) is 0 Å². The summed E-state index contributed by atoms with van der Waals surface area (Å²) in [5, 5.41) is 2.66. The van der Waals surface area contributed by atoms with Gasteiger partial charge in [-0.05, 0) is 0 Å². The molecule has 0 atom stereocenters. The summed E-state index contributed by atoms with van der Waals surface area (Å²) in [4.78, 5) is 0. The van der Waals surface area contributed by atoms with Gasteiger partial charge in [0.05, 0.1) is 0 Å². The molecule has 0 N–H and O–H groups in total. The van der Waals surface area contributed by atoms with E-state index < -0.39 is 0 Å². The third kappa shape index (κ3) is 7.41. The van der Waals surface area contributed by atoms with Crippen LogP contribution in [0, 0.1) is 14.9 Å². The second-order valence-electron chi connectivity index (χ2n) is 2.15. The van der Waals surface area contributed by atoms with Crippen molar-refractivity contribution in [1.82, 2.24) is 0 Å². The molecule has 0 aromatic heterocycles. The Morgan fingerprint density at radius 1 is 0.867 bits per heavy atom. The predicted octanol–water partition coefficient (Wildman–Crippen LogP) is -2.92. The second kappa shape index (κ2) is 14.5. The van der Waals surface area contributed by atoms with Gasteiger partial charge in [0.25, 0.3) is 0 Å². The van der Waals surface area contributed by atoms with Gasteiger partial charge in [-0.1, -0.05) is 6.07 Å². The minimum atomic E-state index is 0. The first kappa shape index (κ1) is 29.6. The quantitative estimate of drug-likeness (QED) is 0.358. The molecule has 4 heteroatoms. The molecule has 0 unspecified atom stereocenters. The number of rotatable bonds is 0. The van der Waals surface area contributed by atoms with E-state index in [4.69, 9.17) is 0 Å². The number of halogens is 2. The van der Waals surface area contributed by atoms with Gasteiger partial charge in [-0.15, -0.1) is 29.7 Å². The fraction of sp³-hybridized carbons (Fsp3) is 0. The van der Waals surface area contributed by atoms with Gasteiger partial charge in [-0.25, -0.2) is 0 Å². The van der Waals surface area contributed by atoms with Gasteiger partial charge in [0.15, 0.2) is 0 Å². The molecule has 0 saturated heterocycles.